The predicted octanol–water partition coefficient (Wildman–Crippen LogP) is 2.85. The van der Waals surface area contributed by atoms with Crippen LogP contribution in [-0.4, -0.2) is 20.5 Å². The van der Waals surface area contributed by atoms with E-state index < -0.39 is 11.5 Å². The summed E-state index contributed by atoms with van der Waals surface area (Å²) in [6.45, 7) is 0. The number of carbonyl (C=O) groups excluding carboxylic acids is 1. The first-order chi connectivity index (χ1) is 11.6. The fraction of sp³-hybridized carbons (Fsp3) is 0. The second-order valence-corrected chi connectivity index (χ2v) is 5.99. The highest BCUT2D eigenvalue weighted by molar-refractivity contribution is 9.10. The van der Waals surface area contributed by atoms with Crippen LogP contribution in [0, 0.1) is 0 Å². The number of amides is 1. The smallest absolute Gasteiger partial charge is 0.349 e. The summed E-state index contributed by atoms with van der Waals surface area (Å²) < 4.78 is 7.58. The van der Waals surface area contributed by atoms with E-state index in [9.17, 15) is 9.59 Å². The van der Waals surface area contributed by atoms with Crippen molar-refractivity contribution in [2.24, 2.45) is 0 Å². The van der Waals surface area contributed by atoms with E-state index in [4.69, 9.17) is 4.42 Å². The zero-order valence-corrected chi connectivity index (χ0v) is 13.6. The summed E-state index contributed by atoms with van der Waals surface area (Å²) in [6, 6.07) is 10.2. The molecule has 0 aliphatic heterocycles. The number of aromatic nitrogens is 3. The molecule has 0 spiro atoms. The number of pyridine rings is 1. The Morgan fingerprint density at radius 2 is 2.08 bits per heavy atom. The molecule has 8 heteroatoms. The first-order valence-corrected chi connectivity index (χ1v) is 7.74. The van der Waals surface area contributed by atoms with Crippen molar-refractivity contribution in [2.75, 3.05) is 5.32 Å². The van der Waals surface area contributed by atoms with Crippen LogP contribution in [-0.2, 0) is 0 Å². The molecule has 0 saturated heterocycles. The van der Waals surface area contributed by atoms with Gasteiger partial charge in [0.15, 0.2) is 5.65 Å². The number of rotatable bonds is 2. The average Bonchev–Trinajstić information content (AvgIpc) is 3.02. The molecule has 1 aromatic carbocycles. The van der Waals surface area contributed by atoms with E-state index in [1.54, 1.807) is 40.9 Å². The molecule has 0 radical (unpaired) electrons. The molecule has 3 aromatic heterocycles. The van der Waals surface area contributed by atoms with Crippen molar-refractivity contribution in [1.82, 2.24) is 14.6 Å². The molecule has 4 rings (SSSR count). The minimum atomic E-state index is -0.696. The van der Waals surface area contributed by atoms with Crippen LogP contribution in [0.5, 0.6) is 0 Å². The maximum Gasteiger partial charge on any atom is 0.349 e. The molecule has 0 fully saturated rings. The van der Waals surface area contributed by atoms with Crippen LogP contribution >= 0.6 is 15.9 Å². The molecule has 24 heavy (non-hydrogen) atoms. The van der Waals surface area contributed by atoms with E-state index in [2.05, 4.69) is 31.4 Å². The maximum atomic E-state index is 12.5. The number of anilines is 1. The molecule has 3 heterocycles. The van der Waals surface area contributed by atoms with Crippen LogP contribution in [0.1, 0.15) is 10.4 Å². The number of fused-ring (bicyclic) bond motifs is 2. The van der Waals surface area contributed by atoms with Gasteiger partial charge in [0.25, 0.3) is 5.91 Å². The van der Waals surface area contributed by atoms with E-state index in [1.807, 2.05) is 0 Å². The minimum Gasteiger partial charge on any atom is -0.422 e. The third-order valence-corrected chi connectivity index (χ3v) is 3.93. The number of carbonyl (C=O) groups is 1. The number of hydrogen-bond acceptors (Lipinski definition) is 5. The quantitative estimate of drug-likeness (QED) is 0.536. The van der Waals surface area contributed by atoms with Crippen molar-refractivity contribution in [3.05, 3.63) is 69.4 Å². The van der Waals surface area contributed by atoms with Gasteiger partial charge >= 0.3 is 5.63 Å². The lowest BCUT2D eigenvalue weighted by molar-refractivity contribution is 0.102. The highest BCUT2D eigenvalue weighted by Crippen LogP contribution is 2.21. The van der Waals surface area contributed by atoms with Gasteiger partial charge in [0.05, 0.1) is 5.69 Å². The Kier molecular flexibility index (Phi) is 3.39. The molecule has 0 atom stereocenters. The number of nitrogens with zero attached hydrogens (tertiary/aromatic N) is 3. The Bertz CT molecular complexity index is 1150. The van der Waals surface area contributed by atoms with Gasteiger partial charge in [-0.3, -0.25) is 9.20 Å². The van der Waals surface area contributed by atoms with E-state index in [0.717, 1.165) is 4.47 Å². The normalized spacial score (nSPS) is 11.0. The standard InChI is InChI=1S/C16H9BrN4O3/c17-10-6-12(14-20-18-8-21(14)7-10)19-15(22)11-5-9-3-1-2-4-13(9)24-16(11)23/h1-8H,(H,19,22). The molecule has 4 aromatic rings. The maximum absolute atomic E-state index is 12.5. The number of halogens is 1. The minimum absolute atomic E-state index is 0.0775. The summed E-state index contributed by atoms with van der Waals surface area (Å²) in [7, 11) is 0. The average molecular weight is 385 g/mol. The predicted molar refractivity (Wildman–Crippen MR) is 91.1 cm³/mol. The van der Waals surface area contributed by atoms with Crippen molar-refractivity contribution >= 4 is 44.1 Å². The molecular formula is C16H9BrN4O3. The summed E-state index contributed by atoms with van der Waals surface area (Å²) in [6.07, 6.45) is 3.27. The number of benzene rings is 1. The lowest BCUT2D eigenvalue weighted by atomic mass is 10.2. The van der Waals surface area contributed by atoms with E-state index in [0.29, 0.717) is 22.3 Å². The summed E-state index contributed by atoms with van der Waals surface area (Å²) in [4.78, 5) is 24.6. The van der Waals surface area contributed by atoms with Crippen molar-refractivity contribution in [1.29, 1.82) is 0 Å². The summed E-state index contributed by atoms with van der Waals surface area (Å²) in [5, 5.41) is 11.1. The van der Waals surface area contributed by atoms with E-state index >= 15 is 0 Å². The molecule has 0 bridgehead atoms. The van der Waals surface area contributed by atoms with Crippen molar-refractivity contribution in [2.45, 2.75) is 0 Å². The second kappa shape index (κ2) is 5.57. The van der Waals surface area contributed by atoms with Crippen LogP contribution in [0.25, 0.3) is 16.6 Å². The van der Waals surface area contributed by atoms with Crippen LogP contribution in [0.4, 0.5) is 5.69 Å². The number of para-hydroxylation sites is 1. The van der Waals surface area contributed by atoms with E-state index in [1.165, 1.54) is 12.4 Å². The number of nitrogens with one attached hydrogen (secondary N) is 1. The molecule has 0 aliphatic rings. The molecule has 1 amide bonds. The molecule has 118 valence electrons. The van der Waals surface area contributed by atoms with Crippen LogP contribution in [0.2, 0.25) is 0 Å². The first kappa shape index (κ1) is 14.6. The Balaban J connectivity index is 1.77. The largest absolute Gasteiger partial charge is 0.422 e. The Morgan fingerprint density at radius 1 is 1.25 bits per heavy atom. The zero-order valence-electron chi connectivity index (χ0n) is 12.1. The Morgan fingerprint density at radius 3 is 2.96 bits per heavy atom. The second-order valence-electron chi connectivity index (χ2n) is 5.07. The van der Waals surface area contributed by atoms with Crippen molar-refractivity contribution in [3.8, 4) is 0 Å². The van der Waals surface area contributed by atoms with Crippen LogP contribution in [0.3, 0.4) is 0 Å². The fourth-order valence-corrected chi connectivity index (χ4v) is 2.85. The molecular weight excluding hydrogens is 376 g/mol. The van der Waals surface area contributed by atoms with Gasteiger partial charge < -0.3 is 9.73 Å². The van der Waals surface area contributed by atoms with Gasteiger partial charge in [-0.15, -0.1) is 10.2 Å². The monoisotopic (exact) mass is 384 g/mol. The SMILES string of the molecule is O=C(Nc1cc(Br)cn2cnnc12)c1cc2ccccc2oc1=O. The van der Waals surface area contributed by atoms with Crippen LogP contribution in [0.15, 0.2) is 62.6 Å². The third kappa shape index (κ3) is 2.46. The van der Waals surface area contributed by atoms with Gasteiger partial charge in [-0.25, -0.2) is 4.79 Å². The summed E-state index contributed by atoms with van der Waals surface area (Å²) in [5.74, 6) is -0.572. The zero-order chi connectivity index (χ0) is 16.7. The van der Waals surface area contributed by atoms with Gasteiger partial charge in [0.2, 0.25) is 0 Å². The van der Waals surface area contributed by atoms with E-state index in [-0.39, 0.29) is 5.56 Å². The van der Waals surface area contributed by atoms with Crippen LogP contribution < -0.4 is 10.9 Å². The molecule has 1 N–H and O–H groups in total. The van der Waals surface area contributed by atoms with Gasteiger partial charge in [0, 0.05) is 16.1 Å². The fourth-order valence-electron chi connectivity index (χ4n) is 2.40. The highest BCUT2D eigenvalue weighted by Gasteiger charge is 2.16. The lowest BCUT2D eigenvalue weighted by Gasteiger charge is -2.07. The first-order valence-electron chi connectivity index (χ1n) is 6.95. The third-order valence-electron chi connectivity index (χ3n) is 3.49. The lowest BCUT2D eigenvalue weighted by Crippen LogP contribution is -2.21. The van der Waals surface area contributed by atoms with Crippen molar-refractivity contribution < 1.29 is 9.21 Å². The molecule has 7 nitrogen and oxygen atoms in total. The molecule has 0 aliphatic carbocycles. The Labute approximate surface area is 143 Å². The molecule has 0 unspecified atom stereocenters. The topological polar surface area (TPSA) is 89.5 Å². The van der Waals surface area contributed by atoms with Gasteiger partial charge in [-0.05, 0) is 34.1 Å². The van der Waals surface area contributed by atoms with Gasteiger partial charge in [0.1, 0.15) is 17.5 Å². The highest BCUT2D eigenvalue weighted by atomic mass is 79.9. The molecule has 0 saturated carbocycles. The van der Waals surface area contributed by atoms with Gasteiger partial charge in [-0.1, -0.05) is 18.2 Å². The number of hydrogen-bond donors (Lipinski definition) is 1. The van der Waals surface area contributed by atoms with Gasteiger partial charge in [-0.2, -0.15) is 0 Å². The summed E-state index contributed by atoms with van der Waals surface area (Å²) >= 11 is 3.35. The van der Waals surface area contributed by atoms with Crippen molar-refractivity contribution in [3.63, 3.8) is 0 Å². The summed E-state index contributed by atoms with van der Waals surface area (Å²) in [5.41, 5.74) is 0.558. The Hall–Kier alpha value is -3.00.